The van der Waals surface area contributed by atoms with E-state index in [-0.39, 0.29) is 6.61 Å². The fraction of sp³-hybridized carbons (Fsp3) is 0.200. The number of hydrogen-bond acceptors (Lipinski definition) is 4. The molecule has 0 saturated heterocycles. The molecule has 0 aliphatic rings. The van der Waals surface area contributed by atoms with Crippen molar-refractivity contribution in [3.63, 3.8) is 0 Å². The van der Waals surface area contributed by atoms with Gasteiger partial charge in [-0.15, -0.1) is 0 Å². The number of halogens is 3. The van der Waals surface area contributed by atoms with E-state index >= 15 is 0 Å². The van der Waals surface area contributed by atoms with Gasteiger partial charge in [0.25, 0.3) is 0 Å². The van der Waals surface area contributed by atoms with Gasteiger partial charge in [0.15, 0.2) is 17.8 Å². The van der Waals surface area contributed by atoms with E-state index in [0.29, 0.717) is 32.3 Å². The molecule has 0 amide bonds. The van der Waals surface area contributed by atoms with Gasteiger partial charge in [0.05, 0.1) is 5.02 Å². The molecule has 0 aliphatic heterocycles. The van der Waals surface area contributed by atoms with E-state index in [2.05, 4.69) is 0 Å². The summed E-state index contributed by atoms with van der Waals surface area (Å²) in [5, 5.41) is 10.7. The van der Waals surface area contributed by atoms with Gasteiger partial charge in [-0.1, -0.05) is 34.8 Å². The highest BCUT2D eigenvalue weighted by Crippen LogP contribution is 2.37. The molecular weight excluding hydrogens is 351 g/mol. The molecule has 0 aromatic heterocycles. The van der Waals surface area contributed by atoms with Crippen LogP contribution in [0.5, 0.6) is 17.2 Å². The van der Waals surface area contributed by atoms with Crippen molar-refractivity contribution in [1.29, 1.82) is 0 Å². The molecule has 4 nitrogen and oxygen atoms in total. The summed E-state index contributed by atoms with van der Waals surface area (Å²) < 4.78 is 15.9. The molecular formula is C15H13Cl3O4. The van der Waals surface area contributed by atoms with Gasteiger partial charge < -0.3 is 19.3 Å². The van der Waals surface area contributed by atoms with Crippen LogP contribution in [0.3, 0.4) is 0 Å². The Morgan fingerprint density at radius 3 is 2.23 bits per heavy atom. The highest BCUT2D eigenvalue weighted by molar-refractivity contribution is 6.35. The van der Waals surface area contributed by atoms with Gasteiger partial charge >= 0.3 is 0 Å². The summed E-state index contributed by atoms with van der Waals surface area (Å²) in [6, 6.07) is 9.75. The lowest BCUT2D eigenvalue weighted by Gasteiger charge is -2.15. The van der Waals surface area contributed by atoms with Crippen molar-refractivity contribution in [3.8, 4) is 17.2 Å². The van der Waals surface area contributed by atoms with E-state index in [0.717, 1.165) is 0 Å². The molecule has 22 heavy (non-hydrogen) atoms. The van der Waals surface area contributed by atoms with Crippen LogP contribution in [-0.4, -0.2) is 25.1 Å². The van der Waals surface area contributed by atoms with Gasteiger partial charge in [0.1, 0.15) is 12.4 Å². The molecule has 0 saturated carbocycles. The van der Waals surface area contributed by atoms with Crippen molar-refractivity contribution in [2.75, 3.05) is 13.7 Å². The first kappa shape index (κ1) is 17.2. The Bertz CT molecular complexity index is 649. The number of benzene rings is 2. The van der Waals surface area contributed by atoms with Crippen LogP contribution in [0.1, 0.15) is 0 Å². The Kier molecular flexibility index (Phi) is 6.17. The summed E-state index contributed by atoms with van der Waals surface area (Å²) in [5.41, 5.74) is 0. The average Bonchev–Trinajstić information content (AvgIpc) is 2.49. The molecule has 2 rings (SSSR count). The van der Waals surface area contributed by atoms with E-state index in [1.165, 1.54) is 7.11 Å². The van der Waals surface area contributed by atoms with Crippen LogP contribution in [0.4, 0.5) is 0 Å². The van der Waals surface area contributed by atoms with Crippen molar-refractivity contribution in [2.45, 2.75) is 6.29 Å². The fourth-order valence-corrected chi connectivity index (χ4v) is 2.19. The normalized spacial score (nSPS) is 12.0. The van der Waals surface area contributed by atoms with Gasteiger partial charge in [-0.05, 0) is 30.3 Å². The summed E-state index contributed by atoms with van der Waals surface area (Å²) in [7, 11) is 1.37. The summed E-state index contributed by atoms with van der Waals surface area (Å²) in [6.07, 6.45) is -1.05. The number of rotatable bonds is 6. The lowest BCUT2D eigenvalue weighted by atomic mass is 10.3. The van der Waals surface area contributed by atoms with Crippen LogP contribution < -0.4 is 9.47 Å². The summed E-state index contributed by atoms with van der Waals surface area (Å²) in [4.78, 5) is 0. The zero-order valence-corrected chi connectivity index (χ0v) is 13.8. The van der Waals surface area contributed by atoms with E-state index in [1.54, 1.807) is 36.4 Å². The summed E-state index contributed by atoms with van der Waals surface area (Å²) in [6.45, 7) is -0.0679. The monoisotopic (exact) mass is 362 g/mol. The van der Waals surface area contributed by atoms with Crippen molar-refractivity contribution >= 4 is 34.8 Å². The van der Waals surface area contributed by atoms with Gasteiger partial charge in [-0.2, -0.15) is 0 Å². The molecule has 1 atom stereocenters. The highest BCUT2D eigenvalue weighted by Gasteiger charge is 2.12. The Morgan fingerprint density at radius 1 is 0.955 bits per heavy atom. The molecule has 0 radical (unpaired) electrons. The number of ether oxygens (including phenoxy) is 3. The topological polar surface area (TPSA) is 47.9 Å². The zero-order valence-electron chi connectivity index (χ0n) is 11.6. The molecule has 7 heteroatoms. The third-order valence-electron chi connectivity index (χ3n) is 2.67. The number of aliphatic hydroxyl groups excluding tert-OH is 1. The summed E-state index contributed by atoms with van der Waals surface area (Å²) in [5.74, 6) is 1.18. The predicted octanol–water partition coefficient (Wildman–Crippen LogP) is 4.78. The molecule has 2 aromatic rings. The minimum atomic E-state index is -1.05. The first-order valence-electron chi connectivity index (χ1n) is 6.25. The maximum atomic E-state index is 9.39. The first-order valence-corrected chi connectivity index (χ1v) is 7.39. The minimum absolute atomic E-state index is 0.0679. The lowest BCUT2D eigenvalue weighted by Crippen LogP contribution is -2.19. The molecule has 0 aliphatic carbocycles. The third kappa shape index (κ3) is 4.66. The van der Waals surface area contributed by atoms with E-state index < -0.39 is 6.29 Å². The molecule has 0 fully saturated rings. The zero-order chi connectivity index (χ0) is 16.1. The Balaban J connectivity index is 2.22. The predicted molar refractivity (Wildman–Crippen MR) is 86.5 cm³/mol. The number of hydrogen-bond donors (Lipinski definition) is 1. The number of aliphatic hydroxyl groups is 1. The Hall–Kier alpha value is -1.17. The fourth-order valence-electron chi connectivity index (χ4n) is 1.58. The smallest absolute Gasteiger partial charge is 0.188 e. The second-order valence-electron chi connectivity index (χ2n) is 4.27. The number of methoxy groups -OCH3 is 1. The molecule has 1 unspecified atom stereocenters. The molecule has 0 bridgehead atoms. The first-order chi connectivity index (χ1) is 10.5. The molecule has 1 N–H and O–H groups in total. The van der Waals surface area contributed by atoms with Crippen LogP contribution in [0.2, 0.25) is 15.1 Å². The van der Waals surface area contributed by atoms with Crippen molar-refractivity contribution in [3.05, 3.63) is 51.5 Å². The van der Waals surface area contributed by atoms with Crippen LogP contribution in [0.15, 0.2) is 36.4 Å². The highest BCUT2D eigenvalue weighted by atomic mass is 35.5. The van der Waals surface area contributed by atoms with Crippen LogP contribution in [0, 0.1) is 0 Å². The van der Waals surface area contributed by atoms with Gasteiger partial charge in [-0.3, -0.25) is 0 Å². The lowest BCUT2D eigenvalue weighted by molar-refractivity contribution is -0.0969. The van der Waals surface area contributed by atoms with Crippen molar-refractivity contribution in [2.24, 2.45) is 0 Å². The van der Waals surface area contributed by atoms with Crippen LogP contribution in [-0.2, 0) is 4.74 Å². The Morgan fingerprint density at radius 2 is 1.59 bits per heavy atom. The average molecular weight is 364 g/mol. The maximum absolute atomic E-state index is 9.39. The summed E-state index contributed by atoms with van der Waals surface area (Å²) >= 11 is 17.9. The van der Waals surface area contributed by atoms with E-state index in [4.69, 9.17) is 49.0 Å². The van der Waals surface area contributed by atoms with Crippen molar-refractivity contribution in [1.82, 2.24) is 0 Å². The minimum Gasteiger partial charge on any atom is -0.484 e. The third-order valence-corrected chi connectivity index (χ3v) is 3.44. The quantitative estimate of drug-likeness (QED) is 0.750. The molecule has 2 aromatic carbocycles. The standard InChI is InChI=1S/C15H13Cl3O4/c1-20-15(19)8-21-14-7-10(17)3-5-13(14)22-12-4-2-9(16)6-11(12)18/h2-7,15,19H,8H2,1H3. The Labute approximate surface area is 143 Å². The van der Waals surface area contributed by atoms with Gasteiger partial charge in [-0.25, -0.2) is 0 Å². The SMILES string of the molecule is COC(O)COc1cc(Cl)ccc1Oc1ccc(Cl)cc1Cl. The second-order valence-corrected chi connectivity index (χ2v) is 5.55. The molecule has 118 valence electrons. The van der Waals surface area contributed by atoms with Crippen LogP contribution >= 0.6 is 34.8 Å². The van der Waals surface area contributed by atoms with E-state index in [1.807, 2.05) is 0 Å². The molecule has 0 spiro atoms. The molecule has 0 heterocycles. The van der Waals surface area contributed by atoms with Gasteiger partial charge in [0.2, 0.25) is 0 Å². The maximum Gasteiger partial charge on any atom is 0.188 e. The second kappa shape index (κ2) is 7.90. The van der Waals surface area contributed by atoms with Gasteiger partial charge in [0, 0.05) is 23.2 Å². The largest absolute Gasteiger partial charge is 0.484 e. The van der Waals surface area contributed by atoms with E-state index in [9.17, 15) is 5.11 Å². The van der Waals surface area contributed by atoms with Crippen LogP contribution in [0.25, 0.3) is 0 Å². The van der Waals surface area contributed by atoms with Crippen molar-refractivity contribution < 1.29 is 19.3 Å².